The Kier molecular flexibility index (Phi) is 3.13. The van der Waals surface area contributed by atoms with Crippen molar-refractivity contribution in [3.63, 3.8) is 0 Å². The smallest absolute Gasteiger partial charge is 0.264 e. The molecule has 1 heterocycles. The summed E-state index contributed by atoms with van der Waals surface area (Å²) in [6, 6.07) is 8.95. The van der Waals surface area contributed by atoms with Crippen LogP contribution in [0.3, 0.4) is 0 Å². The molecule has 0 unspecified atom stereocenters. The molecule has 3 rings (SSSR count). The van der Waals surface area contributed by atoms with Crippen LogP contribution in [0.25, 0.3) is 10.9 Å². The Morgan fingerprint density at radius 1 is 1.00 bits per heavy atom. The van der Waals surface area contributed by atoms with Gasteiger partial charge in [0.25, 0.3) is 10.0 Å². The largest absolute Gasteiger partial charge is 0.361 e. The molecule has 0 saturated carbocycles. The van der Waals surface area contributed by atoms with Gasteiger partial charge >= 0.3 is 0 Å². The van der Waals surface area contributed by atoms with Crippen LogP contribution in [-0.4, -0.2) is 13.4 Å². The third kappa shape index (κ3) is 2.59. The van der Waals surface area contributed by atoms with Gasteiger partial charge in [0.1, 0.15) is 16.5 Å². The van der Waals surface area contributed by atoms with Crippen molar-refractivity contribution in [2.45, 2.75) is 4.90 Å². The van der Waals surface area contributed by atoms with Gasteiger partial charge < -0.3 is 4.98 Å². The van der Waals surface area contributed by atoms with E-state index in [0.717, 1.165) is 23.0 Å². The van der Waals surface area contributed by atoms with E-state index < -0.39 is 26.6 Å². The fraction of sp³-hybridized carbons (Fsp3) is 0. The van der Waals surface area contributed by atoms with Crippen LogP contribution in [0.5, 0.6) is 0 Å². The van der Waals surface area contributed by atoms with E-state index in [-0.39, 0.29) is 5.69 Å². The van der Waals surface area contributed by atoms with Crippen molar-refractivity contribution in [3.05, 3.63) is 60.3 Å². The lowest BCUT2D eigenvalue weighted by molar-refractivity contribution is 0.555. The van der Waals surface area contributed by atoms with Gasteiger partial charge in [0.05, 0.1) is 5.69 Å². The zero-order chi connectivity index (χ0) is 15.0. The lowest BCUT2D eigenvalue weighted by Crippen LogP contribution is -2.14. The minimum absolute atomic E-state index is 0.258. The standard InChI is InChI=1S/C14H10F2N2O2S/c15-10-2-4-12(16)14(7-10)21(19,20)18-11-3-1-9-5-6-17-13(9)8-11/h1-8,17-18H. The number of halogens is 2. The third-order valence-corrected chi connectivity index (χ3v) is 4.39. The molecule has 7 heteroatoms. The van der Waals surface area contributed by atoms with E-state index in [1.807, 2.05) is 6.07 Å². The number of fused-ring (bicyclic) bond motifs is 1. The van der Waals surface area contributed by atoms with Crippen molar-refractivity contribution in [3.8, 4) is 0 Å². The zero-order valence-corrected chi connectivity index (χ0v) is 11.4. The van der Waals surface area contributed by atoms with Crippen molar-refractivity contribution in [2.75, 3.05) is 4.72 Å². The number of nitrogens with one attached hydrogen (secondary N) is 2. The summed E-state index contributed by atoms with van der Waals surface area (Å²) in [7, 11) is -4.20. The molecule has 2 N–H and O–H groups in total. The van der Waals surface area contributed by atoms with Crippen LogP contribution in [0.2, 0.25) is 0 Å². The molecule has 0 aliphatic carbocycles. The van der Waals surface area contributed by atoms with Gasteiger partial charge in [0, 0.05) is 11.7 Å². The molecule has 0 amide bonds. The highest BCUT2D eigenvalue weighted by Gasteiger charge is 2.20. The van der Waals surface area contributed by atoms with Gasteiger partial charge in [-0.2, -0.15) is 0 Å². The number of aromatic amines is 1. The van der Waals surface area contributed by atoms with Crippen molar-refractivity contribution in [2.24, 2.45) is 0 Å². The minimum atomic E-state index is -4.20. The molecule has 0 atom stereocenters. The highest BCUT2D eigenvalue weighted by atomic mass is 32.2. The number of hydrogen-bond donors (Lipinski definition) is 2. The van der Waals surface area contributed by atoms with Crippen LogP contribution >= 0.6 is 0 Å². The number of anilines is 1. The predicted molar refractivity (Wildman–Crippen MR) is 75.5 cm³/mol. The van der Waals surface area contributed by atoms with E-state index in [1.54, 1.807) is 24.4 Å². The summed E-state index contributed by atoms with van der Waals surface area (Å²) in [5.41, 5.74) is 0.989. The van der Waals surface area contributed by atoms with Crippen molar-refractivity contribution in [1.29, 1.82) is 0 Å². The van der Waals surface area contributed by atoms with Gasteiger partial charge in [-0.1, -0.05) is 6.07 Å². The monoisotopic (exact) mass is 308 g/mol. The molecule has 0 fully saturated rings. The molecule has 0 spiro atoms. The van der Waals surface area contributed by atoms with Gasteiger partial charge in [-0.05, 0) is 41.8 Å². The second-order valence-electron chi connectivity index (χ2n) is 4.46. The highest BCUT2D eigenvalue weighted by molar-refractivity contribution is 7.92. The average Bonchev–Trinajstić information content (AvgIpc) is 2.88. The van der Waals surface area contributed by atoms with E-state index in [1.165, 1.54) is 0 Å². The second kappa shape index (κ2) is 4.85. The number of hydrogen-bond acceptors (Lipinski definition) is 2. The van der Waals surface area contributed by atoms with Crippen molar-refractivity contribution in [1.82, 2.24) is 4.98 Å². The van der Waals surface area contributed by atoms with Crippen molar-refractivity contribution >= 4 is 26.6 Å². The number of aromatic nitrogens is 1. The van der Waals surface area contributed by atoms with Gasteiger partial charge in [-0.3, -0.25) is 4.72 Å². The Labute approximate surface area is 119 Å². The zero-order valence-electron chi connectivity index (χ0n) is 10.6. The van der Waals surface area contributed by atoms with Crippen LogP contribution in [0, 0.1) is 11.6 Å². The van der Waals surface area contributed by atoms with E-state index in [9.17, 15) is 17.2 Å². The first-order valence-corrected chi connectivity index (χ1v) is 7.49. The van der Waals surface area contributed by atoms with E-state index in [0.29, 0.717) is 6.07 Å². The van der Waals surface area contributed by atoms with Crippen LogP contribution in [0.4, 0.5) is 14.5 Å². The number of benzene rings is 2. The maximum Gasteiger partial charge on any atom is 0.264 e. The highest BCUT2D eigenvalue weighted by Crippen LogP contribution is 2.22. The molecule has 4 nitrogen and oxygen atoms in total. The van der Waals surface area contributed by atoms with Gasteiger partial charge in [-0.25, -0.2) is 17.2 Å². The molecule has 21 heavy (non-hydrogen) atoms. The summed E-state index contributed by atoms with van der Waals surface area (Å²) in [4.78, 5) is 2.21. The average molecular weight is 308 g/mol. The van der Waals surface area contributed by atoms with E-state index in [4.69, 9.17) is 0 Å². The SMILES string of the molecule is O=S(=O)(Nc1ccc2cc[nH]c2c1)c1cc(F)ccc1F. The second-order valence-corrected chi connectivity index (χ2v) is 6.11. The van der Waals surface area contributed by atoms with Gasteiger partial charge in [0.2, 0.25) is 0 Å². The normalized spacial score (nSPS) is 11.7. The summed E-state index contributed by atoms with van der Waals surface area (Å²) in [6.07, 6.45) is 1.72. The molecule has 2 aromatic carbocycles. The quantitative estimate of drug-likeness (QED) is 0.780. The topological polar surface area (TPSA) is 62.0 Å². The third-order valence-electron chi connectivity index (χ3n) is 2.99. The fourth-order valence-electron chi connectivity index (χ4n) is 2.00. The number of sulfonamides is 1. The molecule has 0 aliphatic heterocycles. The van der Waals surface area contributed by atoms with E-state index in [2.05, 4.69) is 9.71 Å². The Hall–Kier alpha value is -2.41. The van der Waals surface area contributed by atoms with Crippen LogP contribution in [0.15, 0.2) is 53.6 Å². The predicted octanol–water partition coefficient (Wildman–Crippen LogP) is 3.25. The molecule has 0 saturated heterocycles. The summed E-state index contributed by atoms with van der Waals surface area (Å²) < 4.78 is 53.2. The molecule has 108 valence electrons. The Morgan fingerprint density at radius 3 is 2.62 bits per heavy atom. The van der Waals surface area contributed by atoms with Gasteiger partial charge in [-0.15, -0.1) is 0 Å². The molecule has 0 aliphatic rings. The van der Waals surface area contributed by atoms with Gasteiger partial charge in [0.15, 0.2) is 0 Å². The van der Waals surface area contributed by atoms with Crippen LogP contribution in [0.1, 0.15) is 0 Å². The molecular formula is C14H10F2N2O2S. The summed E-state index contributed by atoms with van der Waals surface area (Å²) in [5, 5.41) is 0.912. The summed E-state index contributed by atoms with van der Waals surface area (Å²) >= 11 is 0. The summed E-state index contributed by atoms with van der Waals surface area (Å²) in [5.74, 6) is -1.83. The molecule has 1 aromatic heterocycles. The Balaban J connectivity index is 2.00. The molecule has 0 bridgehead atoms. The van der Waals surface area contributed by atoms with E-state index >= 15 is 0 Å². The van der Waals surface area contributed by atoms with Crippen LogP contribution < -0.4 is 4.72 Å². The Morgan fingerprint density at radius 2 is 1.81 bits per heavy atom. The summed E-state index contributed by atoms with van der Waals surface area (Å²) in [6.45, 7) is 0. The van der Waals surface area contributed by atoms with Crippen molar-refractivity contribution < 1.29 is 17.2 Å². The number of rotatable bonds is 3. The lowest BCUT2D eigenvalue weighted by atomic mass is 10.2. The lowest BCUT2D eigenvalue weighted by Gasteiger charge is -2.09. The fourth-order valence-corrected chi connectivity index (χ4v) is 3.14. The first-order valence-electron chi connectivity index (χ1n) is 6.01. The molecular weight excluding hydrogens is 298 g/mol. The maximum atomic E-state index is 13.6. The first kappa shape index (κ1) is 13.6. The molecule has 3 aromatic rings. The minimum Gasteiger partial charge on any atom is -0.361 e. The Bertz CT molecular complexity index is 920. The van der Waals surface area contributed by atoms with Crippen LogP contribution in [-0.2, 0) is 10.0 Å². The maximum absolute atomic E-state index is 13.6. The molecule has 0 radical (unpaired) electrons. The first-order chi connectivity index (χ1) is 9.95. The number of H-pyrrole nitrogens is 1.